The summed E-state index contributed by atoms with van der Waals surface area (Å²) in [6.07, 6.45) is 4.68. The second kappa shape index (κ2) is 6.52. The van der Waals surface area contributed by atoms with E-state index in [1.54, 1.807) is 0 Å². The van der Waals surface area contributed by atoms with Crippen molar-refractivity contribution in [1.29, 1.82) is 0 Å². The molecule has 0 heterocycles. The fourth-order valence-electron chi connectivity index (χ4n) is 1.03. The zero-order valence-corrected chi connectivity index (χ0v) is 8.34. The molecule has 76 valence electrons. The van der Waals surface area contributed by atoms with Crippen molar-refractivity contribution >= 4 is 5.97 Å². The van der Waals surface area contributed by atoms with E-state index in [1.807, 2.05) is 0 Å². The van der Waals surface area contributed by atoms with Gasteiger partial charge in [0.25, 0.3) is 0 Å². The number of aliphatic hydroxyl groups is 1. The zero-order chi connectivity index (χ0) is 10.3. The standard InChI is InChI=1S/C10H18O3/c1-3-4-5-6-7-9(11)8(2)10(12)13/h11H,3-7H2,1-2H3,(H,12,13)/b9-8+. The minimum atomic E-state index is -1.03. The molecule has 0 aliphatic rings. The summed E-state index contributed by atoms with van der Waals surface area (Å²) in [6, 6.07) is 0. The van der Waals surface area contributed by atoms with Crippen molar-refractivity contribution in [3.63, 3.8) is 0 Å². The third kappa shape index (κ3) is 5.28. The number of rotatable bonds is 6. The van der Waals surface area contributed by atoms with Gasteiger partial charge in [-0.15, -0.1) is 0 Å². The lowest BCUT2D eigenvalue weighted by Crippen LogP contribution is -2.00. The summed E-state index contributed by atoms with van der Waals surface area (Å²) < 4.78 is 0. The van der Waals surface area contributed by atoms with Crippen molar-refractivity contribution in [1.82, 2.24) is 0 Å². The Morgan fingerprint density at radius 3 is 2.23 bits per heavy atom. The molecule has 0 saturated carbocycles. The zero-order valence-electron chi connectivity index (χ0n) is 8.34. The van der Waals surface area contributed by atoms with E-state index in [2.05, 4.69) is 6.92 Å². The van der Waals surface area contributed by atoms with Crippen LogP contribution < -0.4 is 0 Å². The van der Waals surface area contributed by atoms with Crippen LogP contribution in [0.2, 0.25) is 0 Å². The second-order valence-electron chi connectivity index (χ2n) is 3.19. The van der Waals surface area contributed by atoms with Gasteiger partial charge in [-0.1, -0.05) is 26.2 Å². The van der Waals surface area contributed by atoms with Gasteiger partial charge in [0.15, 0.2) is 0 Å². The Labute approximate surface area is 79.1 Å². The number of carboxylic acid groups (broad SMARTS) is 1. The van der Waals surface area contributed by atoms with E-state index >= 15 is 0 Å². The van der Waals surface area contributed by atoms with Gasteiger partial charge in [0, 0.05) is 6.42 Å². The summed E-state index contributed by atoms with van der Waals surface area (Å²) in [5.41, 5.74) is 0.0662. The predicted molar refractivity (Wildman–Crippen MR) is 51.7 cm³/mol. The third-order valence-electron chi connectivity index (χ3n) is 2.02. The molecular formula is C10H18O3. The van der Waals surface area contributed by atoms with Crippen LogP contribution in [-0.2, 0) is 4.79 Å². The molecule has 3 nitrogen and oxygen atoms in total. The number of carbonyl (C=O) groups is 1. The van der Waals surface area contributed by atoms with E-state index in [4.69, 9.17) is 5.11 Å². The van der Waals surface area contributed by atoms with Gasteiger partial charge in [0.05, 0.1) is 5.57 Å². The fraction of sp³-hybridized carbons (Fsp3) is 0.700. The van der Waals surface area contributed by atoms with E-state index in [1.165, 1.54) is 6.92 Å². The van der Waals surface area contributed by atoms with Gasteiger partial charge in [-0.2, -0.15) is 0 Å². The number of carboxylic acids is 1. The molecule has 0 unspecified atom stereocenters. The molecule has 0 radical (unpaired) electrons. The molecule has 0 aliphatic heterocycles. The Hall–Kier alpha value is -0.990. The van der Waals surface area contributed by atoms with Crippen LogP contribution in [0.5, 0.6) is 0 Å². The fourth-order valence-corrected chi connectivity index (χ4v) is 1.03. The summed E-state index contributed by atoms with van der Waals surface area (Å²) >= 11 is 0. The van der Waals surface area contributed by atoms with E-state index in [0.717, 1.165) is 25.7 Å². The maximum atomic E-state index is 10.4. The largest absolute Gasteiger partial charge is 0.512 e. The molecule has 0 rings (SSSR count). The first-order chi connectivity index (χ1) is 6.09. The molecule has 0 aromatic heterocycles. The normalized spacial score (nSPS) is 12.5. The second-order valence-corrected chi connectivity index (χ2v) is 3.19. The van der Waals surface area contributed by atoms with Crippen molar-refractivity contribution < 1.29 is 15.0 Å². The predicted octanol–water partition coefficient (Wildman–Crippen LogP) is 2.87. The van der Waals surface area contributed by atoms with Gasteiger partial charge >= 0.3 is 5.97 Å². The lowest BCUT2D eigenvalue weighted by Gasteiger charge is -2.02. The van der Waals surface area contributed by atoms with E-state index < -0.39 is 5.97 Å². The minimum Gasteiger partial charge on any atom is -0.512 e. The molecule has 0 saturated heterocycles. The Balaban J connectivity index is 3.79. The summed E-state index contributed by atoms with van der Waals surface area (Å²) in [7, 11) is 0. The molecule has 0 atom stereocenters. The van der Waals surface area contributed by atoms with Gasteiger partial charge in [0.1, 0.15) is 5.76 Å². The van der Waals surface area contributed by atoms with E-state index in [0.29, 0.717) is 6.42 Å². The van der Waals surface area contributed by atoms with Crippen LogP contribution in [0.25, 0.3) is 0 Å². The molecule has 3 heteroatoms. The van der Waals surface area contributed by atoms with Crippen LogP contribution in [-0.4, -0.2) is 16.2 Å². The highest BCUT2D eigenvalue weighted by molar-refractivity contribution is 5.86. The molecule has 0 aromatic carbocycles. The summed E-state index contributed by atoms with van der Waals surface area (Å²) in [6.45, 7) is 3.54. The van der Waals surface area contributed by atoms with Crippen molar-refractivity contribution in [2.75, 3.05) is 0 Å². The maximum absolute atomic E-state index is 10.4. The highest BCUT2D eigenvalue weighted by Gasteiger charge is 2.06. The summed E-state index contributed by atoms with van der Waals surface area (Å²) in [4.78, 5) is 10.4. The quantitative estimate of drug-likeness (QED) is 0.381. The third-order valence-corrected chi connectivity index (χ3v) is 2.02. The van der Waals surface area contributed by atoms with Crippen LogP contribution in [0, 0.1) is 0 Å². The Morgan fingerprint density at radius 1 is 1.15 bits per heavy atom. The smallest absolute Gasteiger partial charge is 0.334 e. The monoisotopic (exact) mass is 186 g/mol. The Kier molecular flexibility index (Phi) is 6.02. The van der Waals surface area contributed by atoms with Crippen LogP contribution >= 0.6 is 0 Å². The Morgan fingerprint density at radius 2 is 1.77 bits per heavy atom. The first kappa shape index (κ1) is 12.0. The molecule has 13 heavy (non-hydrogen) atoms. The number of allylic oxidation sites excluding steroid dienone is 1. The molecule has 0 fully saturated rings. The summed E-state index contributed by atoms with van der Waals surface area (Å²) in [5.74, 6) is -1.02. The van der Waals surface area contributed by atoms with Crippen molar-refractivity contribution in [2.24, 2.45) is 0 Å². The van der Waals surface area contributed by atoms with Crippen molar-refractivity contribution in [3.05, 3.63) is 11.3 Å². The summed E-state index contributed by atoms with van der Waals surface area (Å²) in [5, 5.41) is 17.8. The molecule has 0 spiro atoms. The lowest BCUT2D eigenvalue weighted by molar-refractivity contribution is -0.132. The van der Waals surface area contributed by atoms with Gasteiger partial charge < -0.3 is 10.2 Å². The van der Waals surface area contributed by atoms with E-state index in [-0.39, 0.29) is 11.3 Å². The van der Waals surface area contributed by atoms with Crippen molar-refractivity contribution in [2.45, 2.75) is 46.0 Å². The molecule has 0 amide bonds. The lowest BCUT2D eigenvalue weighted by atomic mass is 10.1. The number of aliphatic hydroxyl groups excluding tert-OH is 1. The van der Waals surface area contributed by atoms with E-state index in [9.17, 15) is 9.90 Å². The maximum Gasteiger partial charge on any atom is 0.334 e. The van der Waals surface area contributed by atoms with Gasteiger partial charge in [-0.3, -0.25) is 0 Å². The molecule has 0 bridgehead atoms. The SMILES string of the molecule is CCCCCC/C(O)=C(/C)C(=O)O. The van der Waals surface area contributed by atoms with Crippen molar-refractivity contribution in [3.8, 4) is 0 Å². The van der Waals surface area contributed by atoms with Crippen LogP contribution in [0.1, 0.15) is 46.0 Å². The Bertz CT molecular complexity index is 194. The van der Waals surface area contributed by atoms with Gasteiger partial charge in [0.2, 0.25) is 0 Å². The van der Waals surface area contributed by atoms with Gasteiger partial charge in [-0.25, -0.2) is 4.79 Å². The highest BCUT2D eigenvalue weighted by Crippen LogP contribution is 2.11. The minimum absolute atomic E-state index is 0.0172. The van der Waals surface area contributed by atoms with Crippen LogP contribution in [0.3, 0.4) is 0 Å². The molecule has 0 aromatic rings. The van der Waals surface area contributed by atoms with Gasteiger partial charge in [-0.05, 0) is 13.3 Å². The first-order valence-corrected chi connectivity index (χ1v) is 4.71. The van der Waals surface area contributed by atoms with Crippen LogP contribution in [0.4, 0.5) is 0 Å². The highest BCUT2D eigenvalue weighted by atomic mass is 16.4. The number of aliphatic carboxylic acids is 1. The number of unbranched alkanes of at least 4 members (excludes halogenated alkanes) is 3. The average Bonchev–Trinajstić information content (AvgIpc) is 2.10. The first-order valence-electron chi connectivity index (χ1n) is 4.71. The number of hydrogen-bond acceptors (Lipinski definition) is 2. The molecule has 2 N–H and O–H groups in total. The van der Waals surface area contributed by atoms with Crippen LogP contribution in [0.15, 0.2) is 11.3 Å². The topological polar surface area (TPSA) is 57.5 Å². The molecular weight excluding hydrogens is 168 g/mol. The molecule has 0 aliphatic carbocycles. The number of hydrogen-bond donors (Lipinski definition) is 2. The average molecular weight is 186 g/mol.